The summed E-state index contributed by atoms with van der Waals surface area (Å²) in [5, 5.41) is 11.0. The van der Waals surface area contributed by atoms with Crippen LogP contribution in [0.4, 0.5) is 0 Å². The summed E-state index contributed by atoms with van der Waals surface area (Å²) in [6.07, 6.45) is 2.65. The van der Waals surface area contributed by atoms with Gasteiger partial charge in [-0.05, 0) is 32.4 Å². The van der Waals surface area contributed by atoms with Crippen LogP contribution >= 0.6 is 11.8 Å². The molecule has 1 aliphatic rings. The van der Waals surface area contributed by atoms with E-state index < -0.39 is 0 Å². The van der Waals surface area contributed by atoms with Crippen molar-refractivity contribution in [2.24, 2.45) is 0 Å². The summed E-state index contributed by atoms with van der Waals surface area (Å²) in [5.41, 5.74) is 1.80. The zero-order valence-electron chi connectivity index (χ0n) is 9.25. The number of hydrogen-bond acceptors (Lipinski definition) is 5. The lowest BCUT2D eigenvalue weighted by molar-refractivity contribution is 0.300. The SMILES string of the molecule is Cc1nonc1CNCC1(C)CCCS1. The van der Waals surface area contributed by atoms with Crippen LogP contribution in [0.3, 0.4) is 0 Å². The van der Waals surface area contributed by atoms with Gasteiger partial charge in [-0.2, -0.15) is 11.8 Å². The molecule has 0 bridgehead atoms. The molecule has 2 heterocycles. The van der Waals surface area contributed by atoms with E-state index in [1.54, 1.807) is 0 Å². The number of nitrogens with zero attached hydrogens (tertiary/aromatic N) is 2. The van der Waals surface area contributed by atoms with Gasteiger partial charge in [0.15, 0.2) is 0 Å². The molecule has 0 saturated carbocycles. The predicted molar refractivity (Wildman–Crippen MR) is 60.8 cm³/mol. The molecule has 1 saturated heterocycles. The number of aryl methyl sites for hydroxylation is 1. The minimum Gasteiger partial charge on any atom is -0.310 e. The average molecular weight is 227 g/mol. The Morgan fingerprint density at radius 3 is 3.00 bits per heavy atom. The lowest BCUT2D eigenvalue weighted by atomic mass is 10.1. The smallest absolute Gasteiger partial charge is 0.121 e. The fourth-order valence-electron chi connectivity index (χ4n) is 1.83. The first-order valence-electron chi connectivity index (χ1n) is 5.32. The van der Waals surface area contributed by atoms with Crippen LogP contribution in [0.25, 0.3) is 0 Å². The first kappa shape index (κ1) is 11.0. The van der Waals surface area contributed by atoms with E-state index in [9.17, 15) is 0 Å². The van der Waals surface area contributed by atoms with Crippen LogP contribution in [0.2, 0.25) is 0 Å². The molecule has 2 rings (SSSR count). The summed E-state index contributed by atoms with van der Waals surface area (Å²) >= 11 is 2.06. The van der Waals surface area contributed by atoms with Crippen molar-refractivity contribution in [3.63, 3.8) is 0 Å². The summed E-state index contributed by atoms with van der Waals surface area (Å²) in [7, 11) is 0. The Labute approximate surface area is 94.2 Å². The summed E-state index contributed by atoms with van der Waals surface area (Å²) in [4.78, 5) is 0. The average Bonchev–Trinajstić information content (AvgIpc) is 2.78. The normalized spacial score (nSPS) is 26.0. The van der Waals surface area contributed by atoms with Gasteiger partial charge >= 0.3 is 0 Å². The van der Waals surface area contributed by atoms with Gasteiger partial charge in [-0.15, -0.1) is 0 Å². The van der Waals surface area contributed by atoms with Crippen LogP contribution < -0.4 is 5.32 Å². The monoisotopic (exact) mass is 227 g/mol. The Morgan fingerprint density at radius 2 is 2.40 bits per heavy atom. The van der Waals surface area contributed by atoms with Crippen LogP contribution in [-0.4, -0.2) is 27.4 Å². The Morgan fingerprint density at radius 1 is 1.53 bits per heavy atom. The maximum absolute atomic E-state index is 4.65. The molecule has 1 aromatic heterocycles. The molecule has 0 aromatic carbocycles. The zero-order valence-corrected chi connectivity index (χ0v) is 10.1. The van der Waals surface area contributed by atoms with Gasteiger partial charge < -0.3 is 5.32 Å². The highest BCUT2D eigenvalue weighted by atomic mass is 32.2. The van der Waals surface area contributed by atoms with E-state index in [1.165, 1.54) is 18.6 Å². The van der Waals surface area contributed by atoms with Gasteiger partial charge in [-0.3, -0.25) is 0 Å². The molecule has 4 nitrogen and oxygen atoms in total. The second-order valence-corrected chi connectivity index (χ2v) is 5.98. The van der Waals surface area contributed by atoms with Crippen molar-refractivity contribution >= 4 is 11.8 Å². The third-order valence-corrected chi connectivity index (χ3v) is 4.38. The molecule has 1 aliphatic heterocycles. The molecular formula is C10H17N3OS. The van der Waals surface area contributed by atoms with Crippen molar-refractivity contribution in [3.8, 4) is 0 Å². The van der Waals surface area contributed by atoms with Crippen LogP contribution in [0, 0.1) is 6.92 Å². The predicted octanol–water partition coefficient (Wildman–Crippen LogP) is 1.75. The summed E-state index contributed by atoms with van der Waals surface area (Å²) in [6.45, 7) is 6.03. The van der Waals surface area contributed by atoms with Crippen molar-refractivity contribution in [1.82, 2.24) is 15.6 Å². The summed E-state index contributed by atoms with van der Waals surface area (Å²) in [5.74, 6) is 1.29. The molecular weight excluding hydrogens is 210 g/mol. The Balaban J connectivity index is 1.77. The van der Waals surface area contributed by atoms with Crippen LogP contribution in [0.5, 0.6) is 0 Å². The van der Waals surface area contributed by atoms with E-state index in [4.69, 9.17) is 0 Å². The number of nitrogens with one attached hydrogen (secondary N) is 1. The molecule has 5 heteroatoms. The van der Waals surface area contributed by atoms with E-state index in [0.29, 0.717) is 4.75 Å². The summed E-state index contributed by atoms with van der Waals surface area (Å²) in [6, 6.07) is 0. The zero-order chi connectivity index (χ0) is 10.7. The molecule has 15 heavy (non-hydrogen) atoms. The van der Waals surface area contributed by atoms with Crippen LogP contribution in [0.15, 0.2) is 4.63 Å². The molecule has 0 amide bonds. The van der Waals surface area contributed by atoms with Crippen LogP contribution in [-0.2, 0) is 6.54 Å². The Kier molecular flexibility index (Phi) is 3.31. The lowest BCUT2D eigenvalue weighted by Crippen LogP contribution is -2.32. The lowest BCUT2D eigenvalue weighted by Gasteiger charge is -2.22. The first-order chi connectivity index (χ1) is 7.20. The fraction of sp³-hybridized carbons (Fsp3) is 0.800. The van der Waals surface area contributed by atoms with Crippen molar-refractivity contribution in [1.29, 1.82) is 0 Å². The molecule has 84 valence electrons. The quantitative estimate of drug-likeness (QED) is 0.849. The molecule has 0 radical (unpaired) electrons. The van der Waals surface area contributed by atoms with Gasteiger partial charge in [0.25, 0.3) is 0 Å². The minimum atomic E-state index is 0.408. The topological polar surface area (TPSA) is 51.0 Å². The number of rotatable bonds is 4. The Hall–Kier alpha value is -0.550. The Bertz CT molecular complexity index is 320. The standard InChI is InChI=1S/C10H17N3OS/c1-8-9(13-14-12-8)6-11-7-10(2)4-3-5-15-10/h11H,3-7H2,1-2H3. The van der Waals surface area contributed by atoms with E-state index in [2.05, 4.69) is 38.9 Å². The number of hydrogen-bond donors (Lipinski definition) is 1. The fourth-order valence-corrected chi connectivity index (χ4v) is 3.11. The van der Waals surface area contributed by atoms with Gasteiger partial charge in [0.05, 0.1) is 0 Å². The molecule has 0 aliphatic carbocycles. The molecule has 1 fully saturated rings. The third kappa shape index (κ3) is 2.72. The molecule has 1 N–H and O–H groups in total. The largest absolute Gasteiger partial charge is 0.310 e. The number of aromatic nitrogens is 2. The molecule has 1 atom stereocenters. The van der Waals surface area contributed by atoms with Crippen molar-refractivity contribution in [2.45, 2.75) is 38.0 Å². The number of thioether (sulfide) groups is 1. The van der Waals surface area contributed by atoms with Crippen molar-refractivity contribution < 1.29 is 4.63 Å². The second-order valence-electron chi connectivity index (χ2n) is 4.30. The maximum atomic E-state index is 4.65. The highest BCUT2D eigenvalue weighted by Crippen LogP contribution is 2.36. The van der Waals surface area contributed by atoms with E-state index in [0.717, 1.165) is 24.5 Å². The van der Waals surface area contributed by atoms with Crippen molar-refractivity contribution in [3.05, 3.63) is 11.4 Å². The molecule has 1 aromatic rings. The van der Waals surface area contributed by atoms with Crippen molar-refractivity contribution in [2.75, 3.05) is 12.3 Å². The van der Waals surface area contributed by atoms with Gasteiger partial charge in [-0.1, -0.05) is 10.3 Å². The highest BCUT2D eigenvalue weighted by molar-refractivity contribution is 8.00. The van der Waals surface area contributed by atoms with E-state index in [1.807, 2.05) is 6.92 Å². The van der Waals surface area contributed by atoms with Gasteiger partial charge in [0.2, 0.25) is 0 Å². The third-order valence-electron chi connectivity index (χ3n) is 2.84. The molecule has 1 unspecified atom stereocenters. The van der Waals surface area contributed by atoms with Gasteiger partial charge in [0.1, 0.15) is 11.4 Å². The first-order valence-corrected chi connectivity index (χ1v) is 6.31. The van der Waals surface area contributed by atoms with Gasteiger partial charge in [0, 0.05) is 17.8 Å². The summed E-state index contributed by atoms with van der Waals surface area (Å²) < 4.78 is 5.06. The maximum Gasteiger partial charge on any atom is 0.121 e. The highest BCUT2D eigenvalue weighted by Gasteiger charge is 2.28. The van der Waals surface area contributed by atoms with E-state index >= 15 is 0 Å². The minimum absolute atomic E-state index is 0.408. The molecule has 0 spiro atoms. The van der Waals surface area contributed by atoms with Crippen LogP contribution in [0.1, 0.15) is 31.2 Å². The van der Waals surface area contributed by atoms with Gasteiger partial charge in [-0.25, -0.2) is 4.63 Å². The van der Waals surface area contributed by atoms with E-state index in [-0.39, 0.29) is 0 Å². The second kappa shape index (κ2) is 4.53.